The summed E-state index contributed by atoms with van der Waals surface area (Å²) in [6.07, 6.45) is 1.15. The molecule has 0 heterocycles. The molecular weight excluding hydrogens is 420 g/mol. The molecule has 1 amide bonds. The number of para-hydroxylation sites is 1. The molecule has 0 unspecified atom stereocenters. The highest BCUT2D eigenvalue weighted by Gasteiger charge is 2.26. The molecule has 0 aliphatic heterocycles. The van der Waals surface area contributed by atoms with E-state index in [1.54, 1.807) is 17.0 Å². The van der Waals surface area contributed by atoms with Crippen molar-refractivity contribution in [3.8, 4) is 0 Å². The van der Waals surface area contributed by atoms with Gasteiger partial charge in [0.1, 0.15) is 6.54 Å². The van der Waals surface area contributed by atoms with Crippen LogP contribution in [0.3, 0.4) is 0 Å². The number of sulfonamides is 1. The van der Waals surface area contributed by atoms with Gasteiger partial charge in [0.05, 0.1) is 11.9 Å². The number of nitrogens with zero attached hydrogens (tertiary/aromatic N) is 2. The molecule has 32 heavy (non-hydrogen) atoms. The van der Waals surface area contributed by atoms with Crippen molar-refractivity contribution in [2.24, 2.45) is 0 Å². The molecule has 0 saturated carbocycles. The number of benzene rings is 3. The zero-order valence-corrected chi connectivity index (χ0v) is 19.6. The minimum atomic E-state index is -3.66. The highest BCUT2D eigenvalue weighted by molar-refractivity contribution is 7.92. The first-order valence-electron chi connectivity index (χ1n) is 10.7. The van der Waals surface area contributed by atoms with Crippen molar-refractivity contribution in [3.05, 3.63) is 102 Å². The Morgan fingerprint density at radius 2 is 1.25 bits per heavy atom. The van der Waals surface area contributed by atoms with E-state index in [1.165, 1.54) is 4.31 Å². The Morgan fingerprint density at radius 3 is 1.72 bits per heavy atom. The summed E-state index contributed by atoms with van der Waals surface area (Å²) in [5.41, 5.74) is 3.43. The van der Waals surface area contributed by atoms with Crippen molar-refractivity contribution in [2.45, 2.75) is 32.9 Å². The van der Waals surface area contributed by atoms with Crippen LogP contribution in [0.25, 0.3) is 0 Å². The molecule has 168 valence electrons. The van der Waals surface area contributed by atoms with Crippen LogP contribution in [0.15, 0.2) is 84.9 Å². The predicted molar refractivity (Wildman–Crippen MR) is 130 cm³/mol. The smallest absolute Gasteiger partial charge is 0.243 e. The summed E-state index contributed by atoms with van der Waals surface area (Å²) in [5, 5.41) is 0. The standard InChI is InChI=1S/C26H30N2O3S/c1-21(2)24-16-10-11-17-25(24)28(32(3,30)31)20-26(29)27(18-22-12-6-4-7-13-22)19-23-14-8-5-9-15-23/h4-17,21H,18-20H2,1-3H3. The number of hydrogen-bond donors (Lipinski definition) is 0. The van der Waals surface area contributed by atoms with Gasteiger partial charge in [-0.25, -0.2) is 8.42 Å². The van der Waals surface area contributed by atoms with Crippen LogP contribution in [0.2, 0.25) is 0 Å². The van der Waals surface area contributed by atoms with Crippen molar-refractivity contribution in [3.63, 3.8) is 0 Å². The predicted octanol–water partition coefficient (Wildman–Crippen LogP) is 4.81. The maximum absolute atomic E-state index is 13.5. The van der Waals surface area contributed by atoms with Gasteiger partial charge in [-0.3, -0.25) is 9.10 Å². The minimum absolute atomic E-state index is 0.121. The molecule has 3 rings (SSSR count). The van der Waals surface area contributed by atoms with Crippen molar-refractivity contribution in [2.75, 3.05) is 17.1 Å². The molecule has 0 saturated heterocycles. The van der Waals surface area contributed by atoms with E-state index in [9.17, 15) is 13.2 Å². The van der Waals surface area contributed by atoms with Crippen molar-refractivity contribution in [1.29, 1.82) is 0 Å². The number of rotatable bonds is 9. The first kappa shape index (κ1) is 23.5. The number of hydrogen-bond acceptors (Lipinski definition) is 3. The second-order valence-electron chi connectivity index (χ2n) is 8.20. The molecule has 0 atom stereocenters. The van der Waals surface area contributed by atoms with E-state index in [4.69, 9.17) is 0 Å². The van der Waals surface area contributed by atoms with Gasteiger partial charge in [-0.2, -0.15) is 0 Å². The molecule has 0 aliphatic rings. The lowest BCUT2D eigenvalue weighted by molar-refractivity contribution is -0.130. The van der Waals surface area contributed by atoms with Gasteiger partial charge in [0, 0.05) is 13.1 Å². The van der Waals surface area contributed by atoms with Gasteiger partial charge in [0.2, 0.25) is 15.9 Å². The van der Waals surface area contributed by atoms with Crippen molar-refractivity contribution >= 4 is 21.6 Å². The Labute approximate surface area is 191 Å². The van der Waals surface area contributed by atoms with Crippen LogP contribution < -0.4 is 4.31 Å². The normalized spacial score (nSPS) is 11.4. The molecule has 3 aromatic rings. The summed E-state index contributed by atoms with van der Waals surface area (Å²) in [6, 6.07) is 26.8. The topological polar surface area (TPSA) is 57.7 Å². The van der Waals surface area contributed by atoms with Gasteiger partial charge < -0.3 is 4.90 Å². The maximum Gasteiger partial charge on any atom is 0.243 e. The van der Waals surface area contributed by atoms with Gasteiger partial charge >= 0.3 is 0 Å². The van der Waals surface area contributed by atoms with Crippen LogP contribution in [0.5, 0.6) is 0 Å². The molecule has 0 radical (unpaired) electrons. The average Bonchev–Trinajstić information content (AvgIpc) is 2.77. The fraction of sp³-hybridized carbons (Fsp3) is 0.269. The van der Waals surface area contributed by atoms with Crippen LogP contribution in [0, 0.1) is 0 Å². The van der Waals surface area contributed by atoms with Crippen LogP contribution in [-0.2, 0) is 27.9 Å². The van der Waals surface area contributed by atoms with Crippen molar-refractivity contribution in [1.82, 2.24) is 4.90 Å². The quantitative estimate of drug-likeness (QED) is 0.470. The molecular formula is C26H30N2O3S. The third-order valence-corrected chi connectivity index (χ3v) is 6.42. The highest BCUT2D eigenvalue weighted by atomic mass is 32.2. The molecule has 0 spiro atoms. The average molecular weight is 451 g/mol. The van der Waals surface area contributed by atoms with Crippen LogP contribution >= 0.6 is 0 Å². The summed E-state index contributed by atoms with van der Waals surface area (Å²) in [6.45, 7) is 4.58. The van der Waals surface area contributed by atoms with Gasteiger partial charge in [-0.05, 0) is 28.7 Å². The van der Waals surface area contributed by atoms with E-state index in [0.29, 0.717) is 18.8 Å². The van der Waals surface area contributed by atoms with E-state index in [0.717, 1.165) is 22.9 Å². The third kappa shape index (κ3) is 6.20. The SMILES string of the molecule is CC(C)c1ccccc1N(CC(=O)N(Cc1ccccc1)Cc1ccccc1)S(C)(=O)=O. The summed E-state index contributed by atoms with van der Waals surface area (Å²) in [5.74, 6) is -0.128. The number of carbonyl (C=O) groups is 1. The molecule has 0 N–H and O–H groups in total. The second-order valence-corrected chi connectivity index (χ2v) is 10.1. The number of anilines is 1. The number of amides is 1. The largest absolute Gasteiger partial charge is 0.332 e. The first-order valence-corrected chi connectivity index (χ1v) is 12.5. The lowest BCUT2D eigenvalue weighted by Crippen LogP contribution is -2.42. The molecule has 0 aliphatic carbocycles. The summed E-state index contributed by atoms with van der Waals surface area (Å²) in [7, 11) is -3.66. The van der Waals surface area contributed by atoms with Gasteiger partial charge in [-0.15, -0.1) is 0 Å². The third-order valence-electron chi connectivity index (χ3n) is 5.29. The fourth-order valence-electron chi connectivity index (χ4n) is 3.65. The van der Waals surface area contributed by atoms with Gasteiger partial charge in [0.15, 0.2) is 0 Å². The molecule has 0 fully saturated rings. The Hall–Kier alpha value is -3.12. The Balaban J connectivity index is 1.93. The van der Waals surface area contributed by atoms with Gasteiger partial charge in [0.25, 0.3) is 0 Å². The Kier molecular flexibility index (Phi) is 7.70. The van der Waals surface area contributed by atoms with E-state index in [2.05, 4.69) is 0 Å². The highest BCUT2D eigenvalue weighted by Crippen LogP contribution is 2.29. The Morgan fingerprint density at radius 1 is 0.781 bits per heavy atom. The second kappa shape index (κ2) is 10.5. The van der Waals surface area contributed by atoms with E-state index in [1.807, 2.05) is 86.6 Å². The zero-order valence-electron chi connectivity index (χ0n) is 18.8. The molecule has 0 bridgehead atoms. The summed E-state index contributed by atoms with van der Waals surface area (Å²) >= 11 is 0. The molecule has 6 heteroatoms. The summed E-state index contributed by atoms with van der Waals surface area (Å²) in [4.78, 5) is 15.2. The van der Waals surface area contributed by atoms with Crippen LogP contribution in [0.1, 0.15) is 36.5 Å². The molecule has 0 aromatic heterocycles. The molecule has 5 nitrogen and oxygen atoms in total. The van der Waals surface area contributed by atoms with Crippen LogP contribution in [0.4, 0.5) is 5.69 Å². The number of carbonyl (C=O) groups excluding carboxylic acids is 1. The van der Waals surface area contributed by atoms with Gasteiger partial charge in [-0.1, -0.05) is 92.7 Å². The summed E-state index contributed by atoms with van der Waals surface area (Å²) < 4.78 is 26.7. The lowest BCUT2D eigenvalue weighted by Gasteiger charge is -2.29. The van der Waals surface area contributed by atoms with Crippen molar-refractivity contribution < 1.29 is 13.2 Å². The van der Waals surface area contributed by atoms with E-state index < -0.39 is 10.0 Å². The maximum atomic E-state index is 13.5. The van der Waals surface area contributed by atoms with Crippen LogP contribution in [-0.4, -0.2) is 32.0 Å². The van der Waals surface area contributed by atoms with E-state index >= 15 is 0 Å². The monoisotopic (exact) mass is 450 g/mol. The lowest BCUT2D eigenvalue weighted by atomic mass is 10.0. The Bertz CT molecular complexity index is 1090. The zero-order chi connectivity index (χ0) is 23.1. The minimum Gasteiger partial charge on any atom is -0.332 e. The first-order chi connectivity index (χ1) is 15.3. The molecule has 3 aromatic carbocycles. The van der Waals surface area contributed by atoms with E-state index in [-0.39, 0.29) is 18.4 Å². The fourth-order valence-corrected chi connectivity index (χ4v) is 4.52.